The van der Waals surface area contributed by atoms with Crippen LogP contribution in [0.15, 0.2) is 0 Å². The molecule has 0 saturated heterocycles. The average Bonchev–Trinajstić information content (AvgIpc) is 2.54. The van der Waals surface area contributed by atoms with E-state index < -0.39 is 0 Å². The molecule has 22 heavy (non-hydrogen) atoms. The molecule has 1 atom stereocenters. The minimum absolute atomic E-state index is 0.401. The van der Waals surface area contributed by atoms with Crippen LogP contribution in [-0.2, 0) is 0 Å². The summed E-state index contributed by atoms with van der Waals surface area (Å²) >= 11 is 0. The summed E-state index contributed by atoms with van der Waals surface area (Å²) in [4.78, 5) is 0. The molecule has 0 aromatic heterocycles. The van der Waals surface area contributed by atoms with E-state index in [9.17, 15) is 5.11 Å². The fourth-order valence-corrected chi connectivity index (χ4v) is 3.27. The second-order valence-corrected chi connectivity index (χ2v) is 7.22. The van der Waals surface area contributed by atoms with Crippen LogP contribution in [0, 0.1) is 5.92 Å². The first-order valence-corrected chi connectivity index (χ1v) is 10.5. The summed E-state index contributed by atoms with van der Waals surface area (Å²) in [7, 11) is 0. The first-order valence-electron chi connectivity index (χ1n) is 10.5. The van der Waals surface area contributed by atoms with E-state index in [-0.39, 0.29) is 0 Å². The molecule has 1 nitrogen and oxygen atoms in total. The zero-order valence-electron chi connectivity index (χ0n) is 15.8. The van der Waals surface area contributed by atoms with Gasteiger partial charge in [0.05, 0.1) is 0 Å². The van der Waals surface area contributed by atoms with Gasteiger partial charge in [-0.25, -0.2) is 0 Å². The molecule has 0 heterocycles. The summed E-state index contributed by atoms with van der Waals surface area (Å²) in [6.45, 7) is 4.92. The molecule has 1 N–H and O–H groups in total. The first-order chi connectivity index (χ1) is 10.8. The van der Waals surface area contributed by atoms with E-state index in [4.69, 9.17) is 0 Å². The van der Waals surface area contributed by atoms with Gasteiger partial charge in [-0.15, -0.1) is 0 Å². The number of unbranched alkanes of at least 4 members (excludes halogenated alkanes) is 13. The van der Waals surface area contributed by atoms with Gasteiger partial charge in [0.15, 0.2) is 0 Å². The molecule has 0 aliphatic heterocycles. The number of rotatable bonds is 18. The van der Waals surface area contributed by atoms with Crippen LogP contribution >= 0.6 is 0 Å². The summed E-state index contributed by atoms with van der Waals surface area (Å²) in [5.41, 5.74) is 0. The fourth-order valence-electron chi connectivity index (χ4n) is 3.27. The molecule has 0 saturated carbocycles. The normalized spacial score (nSPS) is 12.7. The topological polar surface area (TPSA) is 20.2 Å². The number of hydrogen-bond donors (Lipinski definition) is 1. The average molecular weight is 313 g/mol. The van der Waals surface area contributed by atoms with Gasteiger partial charge in [0.25, 0.3) is 0 Å². The maximum Gasteiger partial charge on any atom is 0.0459 e. The highest BCUT2D eigenvalue weighted by molar-refractivity contribution is 4.58. The van der Waals surface area contributed by atoms with Crippen molar-refractivity contribution in [1.29, 1.82) is 0 Å². The summed E-state index contributed by atoms with van der Waals surface area (Å²) in [6, 6.07) is 0. The van der Waals surface area contributed by atoms with Gasteiger partial charge in [0, 0.05) is 6.61 Å². The molecule has 0 fully saturated rings. The number of aliphatic hydroxyl groups is 1. The van der Waals surface area contributed by atoms with E-state index in [1.54, 1.807) is 0 Å². The molecule has 0 rings (SSSR count). The summed E-state index contributed by atoms with van der Waals surface area (Å²) in [5, 5.41) is 9.34. The first kappa shape index (κ1) is 22.0. The van der Waals surface area contributed by atoms with E-state index in [0.29, 0.717) is 12.5 Å². The Kier molecular flexibility index (Phi) is 19.0. The van der Waals surface area contributed by atoms with Gasteiger partial charge in [0.1, 0.15) is 0 Å². The van der Waals surface area contributed by atoms with Crippen LogP contribution in [0.25, 0.3) is 0 Å². The Bertz CT molecular complexity index is 190. The molecule has 0 spiro atoms. The van der Waals surface area contributed by atoms with Gasteiger partial charge in [-0.3, -0.25) is 0 Å². The van der Waals surface area contributed by atoms with Gasteiger partial charge in [-0.2, -0.15) is 0 Å². The van der Waals surface area contributed by atoms with Crippen molar-refractivity contribution in [2.75, 3.05) is 6.61 Å². The third-order valence-electron chi connectivity index (χ3n) is 4.94. The van der Waals surface area contributed by atoms with Gasteiger partial charge in [0.2, 0.25) is 0 Å². The van der Waals surface area contributed by atoms with Gasteiger partial charge < -0.3 is 5.11 Å². The quantitative estimate of drug-likeness (QED) is 0.264. The molecule has 0 amide bonds. The molecule has 0 bridgehead atoms. The van der Waals surface area contributed by atoms with Crippen LogP contribution in [0.4, 0.5) is 0 Å². The highest BCUT2D eigenvalue weighted by Crippen LogP contribution is 2.17. The summed E-state index contributed by atoms with van der Waals surface area (Å²) in [6.07, 6.45) is 23.5. The van der Waals surface area contributed by atoms with Crippen LogP contribution in [0.2, 0.25) is 0 Å². The Labute approximate surface area is 141 Å². The zero-order valence-corrected chi connectivity index (χ0v) is 15.8. The fraction of sp³-hybridized carbons (Fsp3) is 1.00. The molecule has 0 radical (unpaired) electrons. The van der Waals surface area contributed by atoms with Gasteiger partial charge in [-0.05, 0) is 18.8 Å². The lowest BCUT2D eigenvalue weighted by molar-refractivity contribution is 0.205. The van der Waals surface area contributed by atoms with Crippen LogP contribution in [-0.4, -0.2) is 11.7 Å². The van der Waals surface area contributed by atoms with Crippen molar-refractivity contribution in [2.24, 2.45) is 5.92 Å². The Morgan fingerprint density at radius 3 is 1.27 bits per heavy atom. The standard InChI is InChI=1S/C21H44O/c1-3-5-7-8-9-10-11-12-13-14-15-16-17-19-21(20-22)18-6-4-2/h21-22H,3-20H2,1-2H3. The lowest BCUT2D eigenvalue weighted by atomic mass is 9.96. The van der Waals surface area contributed by atoms with Crippen LogP contribution in [0.3, 0.4) is 0 Å². The Balaban J connectivity index is 3.13. The van der Waals surface area contributed by atoms with Crippen molar-refractivity contribution in [3.8, 4) is 0 Å². The van der Waals surface area contributed by atoms with Gasteiger partial charge in [-0.1, -0.05) is 110 Å². The molecule has 134 valence electrons. The van der Waals surface area contributed by atoms with E-state index >= 15 is 0 Å². The molecule has 0 aliphatic carbocycles. The van der Waals surface area contributed by atoms with Crippen molar-refractivity contribution in [1.82, 2.24) is 0 Å². The zero-order chi connectivity index (χ0) is 16.3. The van der Waals surface area contributed by atoms with Crippen LogP contribution in [0.5, 0.6) is 0 Å². The molecular weight excluding hydrogens is 268 g/mol. The molecule has 0 aliphatic rings. The van der Waals surface area contributed by atoms with Crippen LogP contribution in [0.1, 0.15) is 123 Å². The Morgan fingerprint density at radius 2 is 0.864 bits per heavy atom. The maximum absolute atomic E-state index is 9.34. The Hall–Kier alpha value is -0.0400. The summed E-state index contributed by atoms with van der Waals surface area (Å²) in [5.74, 6) is 0.577. The van der Waals surface area contributed by atoms with E-state index in [1.807, 2.05) is 0 Å². The van der Waals surface area contributed by atoms with Crippen molar-refractivity contribution in [2.45, 2.75) is 123 Å². The minimum Gasteiger partial charge on any atom is -0.396 e. The van der Waals surface area contributed by atoms with Gasteiger partial charge >= 0.3 is 0 Å². The predicted molar refractivity (Wildman–Crippen MR) is 100 cm³/mol. The Morgan fingerprint density at radius 1 is 0.500 bits per heavy atom. The van der Waals surface area contributed by atoms with Crippen molar-refractivity contribution >= 4 is 0 Å². The third kappa shape index (κ3) is 16.3. The highest BCUT2D eigenvalue weighted by Gasteiger charge is 2.06. The molecule has 0 aromatic rings. The molecular formula is C21H44O. The minimum atomic E-state index is 0.401. The van der Waals surface area contributed by atoms with Crippen molar-refractivity contribution in [3.05, 3.63) is 0 Å². The van der Waals surface area contributed by atoms with Crippen molar-refractivity contribution in [3.63, 3.8) is 0 Å². The smallest absolute Gasteiger partial charge is 0.0459 e. The van der Waals surface area contributed by atoms with Crippen LogP contribution < -0.4 is 0 Å². The molecule has 0 aromatic carbocycles. The maximum atomic E-state index is 9.34. The second-order valence-electron chi connectivity index (χ2n) is 7.22. The largest absolute Gasteiger partial charge is 0.396 e. The highest BCUT2D eigenvalue weighted by atomic mass is 16.3. The predicted octanol–water partition coefficient (Wildman–Crippen LogP) is 7.27. The lowest BCUT2D eigenvalue weighted by Crippen LogP contribution is -2.05. The monoisotopic (exact) mass is 312 g/mol. The molecule has 1 heteroatoms. The lowest BCUT2D eigenvalue weighted by Gasteiger charge is -2.13. The van der Waals surface area contributed by atoms with E-state index in [2.05, 4.69) is 13.8 Å². The third-order valence-corrected chi connectivity index (χ3v) is 4.94. The molecule has 1 unspecified atom stereocenters. The SMILES string of the molecule is CCCCCCCCCCCCCCCC(CO)CCCC. The van der Waals surface area contributed by atoms with E-state index in [0.717, 1.165) is 0 Å². The van der Waals surface area contributed by atoms with Crippen molar-refractivity contribution < 1.29 is 5.11 Å². The number of hydrogen-bond acceptors (Lipinski definition) is 1. The summed E-state index contributed by atoms with van der Waals surface area (Å²) < 4.78 is 0. The second kappa shape index (κ2) is 19.0. The van der Waals surface area contributed by atoms with E-state index in [1.165, 1.54) is 109 Å². The number of aliphatic hydroxyl groups excluding tert-OH is 1.